The van der Waals surface area contributed by atoms with Crippen molar-refractivity contribution >= 4 is 0 Å². The Morgan fingerprint density at radius 3 is 1.40 bits per heavy atom. The first-order valence-electron chi connectivity index (χ1n) is 9.76. The third-order valence-electron chi connectivity index (χ3n) is 3.47. The van der Waals surface area contributed by atoms with Crippen LogP contribution in [0.1, 0.15) is 25.9 Å². The van der Waals surface area contributed by atoms with Crippen molar-refractivity contribution in [1.29, 1.82) is 0 Å². The third-order valence-corrected chi connectivity index (χ3v) is 3.47. The first-order chi connectivity index (χ1) is 13.5. The van der Waals surface area contributed by atoms with E-state index in [-0.39, 0.29) is 20.1 Å². The van der Waals surface area contributed by atoms with Crippen LogP contribution in [0.2, 0.25) is 2.82 Å². The molecule has 2 aliphatic heterocycles. The number of nitrogens with one attached hydrogen (secondary N) is 2. The van der Waals surface area contributed by atoms with Gasteiger partial charge in [0, 0.05) is 20.1 Å². The van der Waals surface area contributed by atoms with Crippen LogP contribution in [-0.4, -0.2) is 0 Å². The van der Waals surface area contributed by atoms with Crippen LogP contribution in [0, 0.1) is 0 Å². The third kappa shape index (κ3) is 5.90. The van der Waals surface area contributed by atoms with Crippen LogP contribution in [0.5, 0.6) is 0 Å². The van der Waals surface area contributed by atoms with Gasteiger partial charge in [0.25, 0.3) is 0 Å². The van der Waals surface area contributed by atoms with E-state index in [1.165, 1.54) is 0 Å². The zero-order valence-corrected chi connectivity index (χ0v) is 16.0. The van der Waals surface area contributed by atoms with Crippen LogP contribution in [-0.2, 0) is 20.1 Å². The van der Waals surface area contributed by atoms with Gasteiger partial charge < -0.3 is 10.6 Å². The van der Waals surface area contributed by atoms with Gasteiger partial charge in [0.1, 0.15) is 0 Å². The molecule has 2 aromatic carbocycles. The van der Waals surface area contributed by atoms with Crippen LogP contribution in [0.15, 0.2) is 110 Å². The molecule has 1 radical (unpaired) electrons. The summed E-state index contributed by atoms with van der Waals surface area (Å²) < 4.78 is 31.7. The Labute approximate surface area is 169 Å². The molecule has 2 atom stereocenters. The first kappa shape index (κ1) is 13.9. The maximum atomic E-state index is 8.17. The zero-order chi connectivity index (χ0) is 20.0. The van der Waals surface area contributed by atoms with E-state index >= 15 is 0 Å². The van der Waals surface area contributed by atoms with E-state index in [1.807, 2.05) is 60.7 Å². The summed E-state index contributed by atoms with van der Waals surface area (Å²) in [4.78, 5) is 0. The standard InChI is InChI=1S/2C11H11N.Ir/c2*1-2-6-10(7-3-1)11-8-4-5-9-12-11;/h2*1-9,11-12H;/i2*11D;/hD2. The molecule has 0 saturated heterocycles. The molecular weight excluding hydrogens is 484 g/mol. The van der Waals surface area contributed by atoms with E-state index in [4.69, 9.17) is 5.57 Å². The molecule has 0 fully saturated rings. The molecule has 2 N–H and O–H groups in total. The second-order valence-corrected chi connectivity index (χ2v) is 5.16. The summed E-state index contributed by atoms with van der Waals surface area (Å²) in [5, 5.41) is 2.28. The van der Waals surface area contributed by atoms with Crippen molar-refractivity contribution in [2.45, 2.75) is 12.0 Å². The predicted molar refractivity (Wildman–Crippen MR) is 101 cm³/mol. The minimum atomic E-state index is -1.09. The van der Waals surface area contributed by atoms with Gasteiger partial charge in [-0.1, -0.05) is 85.0 Å². The van der Waals surface area contributed by atoms with Crippen molar-refractivity contribution in [2.75, 3.05) is 0 Å². The van der Waals surface area contributed by atoms with Crippen LogP contribution < -0.4 is 10.6 Å². The summed E-state index contributed by atoms with van der Waals surface area (Å²) >= 11 is 0. The number of rotatable bonds is 2. The SMILES string of the molecule is [2H]N1C=CC=CC1([2H])c1ccccc1.[2H]N1C=CC=CC1([2H])c1ccccc1.[Ir]. The molecule has 0 bridgehead atoms. The smallest absolute Gasteiger partial charge is 0.160 e. The molecule has 2 aromatic rings. The van der Waals surface area contributed by atoms with Gasteiger partial charge >= 0.3 is 0 Å². The summed E-state index contributed by atoms with van der Waals surface area (Å²) in [5.74, 6) is 0. The molecule has 2 nitrogen and oxygen atoms in total. The maximum absolute atomic E-state index is 8.17. The summed E-state index contributed by atoms with van der Waals surface area (Å²) in [6.07, 6.45) is 13.7. The van der Waals surface area contributed by atoms with Gasteiger partial charge in [-0.15, -0.1) is 0 Å². The van der Waals surface area contributed by atoms with Gasteiger partial charge in [0.2, 0.25) is 0 Å². The summed E-state index contributed by atoms with van der Waals surface area (Å²) in [6, 6.07) is 16.6. The number of hydrogen-bond donors (Lipinski definition) is 2. The van der Waals surface area contributed by atoms with Gasteiger partial charge in [-0.2, -0.15) is 0 Å². The van der Waals surface area contributed by atoms with E-state index < -0.39 is 12.0 Å². The van der Waals surface area contributed by atoms with Gasteiger partial charge in [-0.05, 0) is 35.7 Å². The fourth-order valence-corrected chi connectivity index (χ4v) is 2.28. The monoisotopic (exact) mass is 511 g/mol. The van der Waals surface area contributed by atoms with E-state index in [9.17, 15) is 0 Å². The zero-order valence-electron chi connectivity index (χ0n) is 17.6. The number of benzene rings is 2. The fraction of sp³-hybridized carbons (Fsp3) is 0.0909. The van der Waals surface area contributed by atoms with Crippen molar-refractivity contribution in [3.05, 3.63) is 121 Å². The molecule has 3 heteroatoms. The molecule has 4 rings (SSSR count). The predicted octanol–water partition coefficient (Wildman–Crippen LogP) is 4.80. The second kappa shape index (κ2) is 10.5. The minimum Gasteiger partial charge on any atom is -0.381 e. The Morgan fingerprint density at radius 2 is 1.04 bits per heavy atom. The summed E-state index contributed by atoms with van der Waals surface area (Å²) in [7, 11) is 0. The van der Waals surface area contributed by atoms with Gasteiger partial charge in [-0.3, -0.25) is 0 Å². The second-order valence-electron chi connectivity index (χ2n) is 5.16. The van der Waals surface area contributed by atoms with Crippen molar-refractivity contribution in [2.24, 2.45) is 0 Å². The molecule has 0 aromatic heterocycles. The van der Waals surface area contributed by atoms with Crippen molar-refractivity contribution < 1.29 is 25.7 Å². The minimum absolute atomic E-state index is 0. The number of hydrogen-bond acceptors (Lipinski definition) is 2. The molecular formula is C22H22IrN2. The van der Waals surface area contributed by atoms with Gasteiger partial charge in [-0.25, -0.2) is 0 Å². The van der Waals surface area contributed by atoms with Crippen LogP contribution in [0.3, 0.4) is 0 Å². The van der Waals surface area contributed by atoms with Crippen molar-refractivity contribution in [1.82, 2.24) is 10.6 Å². The normalized spacial score (nSPS) is 28.6. The van der Waals surface area contributed by atoms with Crippen LogP contribution in [0.4, 0.5) is 0 Å². The quantitative estimate of drug-likeness (QED) is 0.607. The number of allylic oxidation sites excluding steroid dienone is 4. The molecule has 2 aliphatic rings. The van der Waals surface area contributed by atoms with Crippen LogP contribution in [0.25, 0.3) is 0 Å². The van der Waals surface area contributed by atoms with E-state index in [2.05, 4.69) is 0 Å². The van der Waals surface area contributed by atoms with Crippen molar-refractivity contribution in [3.8, 4) is 0 Å². The Morgan fingerprint density at radius 1 is 0.640 bits per heavy atom. The average molecular weight is 511 g/mol. The molecule has 2 heterocycles. The largest absolute Gasteiger partial charge is 0.381 e. The van der Waals surface area contributed by atoms with Crippen LogP contribution >= 0.6 is 0 Å². The Kier molecular flexibility index (Phi) is 5.83. The Bertz CT molecular complexity index is 826. The molecule has 0 amide bonds. The molecule has 0 aliphatic carbocycles. The van der Waals surface area contributed by atoms with Gasteiger partial charge in [0.15, 0.2) is 2.82 Å². The first-order valence-corrected chi connectivity index (χ1v) is 7.86. The molecule has 129 valence electrons. The summed E-state index contributed by atoms with van der Waals surface area (Å²) in [5.41, 5.74) is 1.60. The average Bonchev–Trinajstić information content (AvgIpc) is 2.74. The van der Waals surface area contributed by atoms with E-state index in [0.717, 1.165) is 21.7 Å². The molecule has 25 heavy (non-hydrogen) atoms. The van der Waals surface area contributed by atoms with E-state index in [1.54, 1.807) is 48.9 Å². The summed E-state index contributed by atoms with van der Waals surface area (Å²) in [6.45, 7) is 0. The van der Waals surface area contributed by atoms with Gasteiger partial charge in [0.05, 0.1) is 14.8 Å². The number of dihydropyridines is 2. The maximum Gasteiger partial charge on any atom is 0.160 e. The van der Waals surface area contributed by atoms with Crippen molar-refractivity contribution in [3.63, 3.8) is 0 Å². The Hall–Kier alpha value is -2.35. The van der Waals surface area contributed by atoms with E-state index in [0.29, 0.717) is 0 Å². The molecule has 0 saturated carbocycles. The topological polar surface area (TPSA) is 24.1 Å². The molecule has 2 unspecified atom stereocenters. The fourth-order valence-electron chi connectivity index (χ4n) is 2.28. The molecule has 0 spiro atoms. The Balaban J connectivity index is 0.000000200.